The molecule has 0 spiro atoms. The van der Waals surface area contributed by atoms with Gasteiger partial charge in [-0.15, -0.1) is 0 Å². The SMILES string of the molecule is O=C(COc1ccc2ccccc2c1)NCCCN1CCOC(c2ccccc2)C1. The number of ether oxygens (including phenoxy) is 2. The molecule has 0 aromatic heterocycles. The Morgan fingerprint density at radius 3 is 2.70 bits per heavy atom. The van der Waals surface area contributed by atoms with Crippen LogP contribution in [0, 0.1) is 0 Å². The van der Waals surface area contributed by atoms with Crippen LogP contribution in [0.15, 0.2) is 72.8 Å². The van der Waals surface area contributed by atoms with E-state index in [-0.39, 0.29) is 18.6 Å². The van der Waals surface area contributed by atoms with Gasteiger partial charge in [0.05, 0.1) is 12.7 Å². The van der Waals surface area contributed by atoms with E-state index in [9.17, 15) is 4.79 Å². The van der Waals surface area contributed by atoms with E-state index in [1.807, 2.05) is 54.6 Å². The third-order valence-corrected chi connectivity index (χ3v) is 5.39. The lowest BCUT2D eigenvalue weighted by Gasteiger charge is -2.33. The van der Waals surface area contributed by atoms with Crippen LogP contribution in [-0.2, 0) is 9.53 Å². The first kappa shape index (κ1) is 20.4. The maximum Gasteiger partial charge on any atom is 0.257 e. The molecule has 1 amide bonds. The Kier molecular flexibility index (Phi) is 6.95. The third kappa shape index (κ3) is 5.59. The lowest BCUT2D eigenvalue weighted by molar-refractivity contribution is -0.123. The van der Waals surface area contributed by atoms with Crippen molar-refractivity contribution in [3.63, 3.8) is 0 Å². The predicted molar refractivity (Wildman–Crippen MR) is 119 cm³/mol. The van der Waals surface area contributed by atoms with E-state index in [0.29, 0.717) is 12.3 Å². The second kappa shape index (κ2) is 10.2. The first-order chi connectivity index (χ1) is 14.8. The van der Waals surface area contributed by atoms with Gasteiger partial charge < -0.3 is 14.8 Å². The van der Waals surface area contributed by atoms with Crippen LogP contribution in [0.5, 0.6) is 5.75 Å². The number of rotatable bonds is 8. The summed E-state index contributed by atoms with van der Waals surface area (Å²) in [5.41, 5.74) is 1.22. The molecule has 1 aliphatic heterocycles. The van der Waals surface area contributed by atoms with E-state index < -0.39 is 0 Å². The molecule has 1 fully saturated rings. The summed E-state index contributed by atoms with van der Waals surface area (Å²) in [5, 5.41) is 5.22. The normalized spacial score (nSPS) is 17.0. The molecule has 3 aromatic rings. The van der Waals surface area contributed by atoms with Crippen LogP contribution in [0.3, 0.4) is 0 Å². The maximum absolute atomic E-state index is 12.1. The monoisotopic (exact) mass is 404 g/mol. The number of amides is 1. The topological polar surface area (TPSA) is 50.8 Å². The molecule has 0 bridgehead atoms. The summed E-state index contributed by atoms with van der Waals surface area (Å²) in [4.78, 5) is 14.5. The number of carbonyl (C=O) groups is 1. The third-order valence-electron chi connectivity index (χ3n) is 5.39. The molecule has 1 N–H and O–H groups in total. The van der Waals surface area contributed by atoms with Crippen LogP contribution in [-0.4, -0.2) is 50.2 Å². The molecule has 4 rings (SSSR count). The molecular formula is C25H28N2O3. The lowest BCUT2D eigenvalue weighted by Crippen LogP contribution is -2.40. The van der Waals surface area contributed by atoms with Crippen molar-refractivity contribution < 1.29 is 14.3 Å². The fourth-order valence-corrected chi connectivity index (χ4v) is 3.76. The van der Waals surface area contributed by atoms with Gasteiger partial charge >= 0.3 is 0 Å². The smallest absolute Gasteiger partial charge is 0.257 e. The zero-order valence-corrected chi connectivity index (χ0v) is 17.1. The second-order valence-corrected chi connectivity index (χ2v) is 7.57. The summed E-state index contributed by atoms with van der Waals surface area (Å²) in [6.07, 6.45) is 1.04. The highest BCUT2D eigenvalue weighted by Crippen LogP contribution is 2.22. The highest BCUT2D eigenvalue weighted by molar-refractivity contribution is 5.84. The van der Waals surface area contributed by atoms with Gasteiger partial charge in [0.2, 0.25) is 0 Å². The summed E-state index contributed by atoms with van der Waals surface area (Å²) >= 11 is 0. The Labute approximate surface area is 177 Å². The quantitative estimate of drug-likeness (QED) is 0.580. The Hall–Kier alpha value is -2.89. The van der Waals surface area contributed by atoms with Crippen LogP contribution in [0.1, 0.15) is 18.1 Å². The number of nitrogens with one attached hydrogen (secondary N) is 1. The van der Waals surface area contributed by atoms with Crippen molar-refractivity contribution in [2.45, 2.75) is 12.5 Å². The Morgan fingerprint density at radius 2 is 1.83 bits per heavy atom. The standard InChI is InChI=1S/C25H28N2O3/c28-25(19-30-23-12-11-20-7-4-5-10-22(20)17-23)26-13-6-14-27-15-16-29-24(18-27)21-8-2-1-3-9-21/h1-5,7-12,17,24H,6,13-16,18-19H2,(H,26,28). The largest absolute Gasteiger partial charge is 0.484 e. The molecule has 1 atom stereocenters. The van der Waals surface area contributed by atoms with Crippen LogP contribution < -0.4 is 10.1 Å². The predicted octanol–water partition coefficient (Wildman–Crippen LogP) is 3.80. The van der Waals surface area contributed by atoms with E-state index in [1.54, 1.807) is 0 Å². The molecule has 0 radical (unpaired) electrons. The molecule has 0 saturated carbocycles. The second-order valence-electron chi connectivity index (χ2n) is 7.57. The Bertz CT molecular complexity index is 961. The van der Waals surface area contributed by atoms with Gasteiger partial charge in [0.1, 0.15) is 5.75 Å². The highest BCUT2D eigenvalue weighted by Gasteiger charge is 2.21. The summed E-state index contributed by atoms with van der Waals surface area (Å²) < 4.78 is 11.6. The zero-order valence-electron chi connectivity index (χ0n) is 17.1. The van der Waals surface area contributed by atoms with E-state index in [0.717, 1.165) is 43.4 Å². The van der Waals surface area contributed by atoms with Crippen molar-refractivity contribution in [2.75, 3.05) is 39.4 Å². The minimum absolute atomic E-state index is 0.0337. The number of fused-ring (bicyclic) bond motifs is 1. The summed E-state index contributed by atoms with van der Waals surface area (Å²) in [5.74, 6) is 0.622. The number of hydrogen-bond donors (Lipinski definition) is 1. The van der Waals surface area contributed by atoms with Gasteiger partial charge in [0.25, 0.3) is 5.91 Å². The average Bonchev–Trinajstić information content (AvgIpc) is 2.81. The van der Waals surface area contributed by atoms with E-state index in [4.69, 9.17) is 9.47 Å². The van der Waals surface area contributed by atoms with Crippen molar-refractivity contribution in [3.05, 3.63) is 78.4 Å². The van der Waals surface area contributed by atoms with Crippen molar-refractivity contribution in [1.29, 1.82) is 0 Å². The average molecular weight is 405 g/mol. The minimum Gasteiger partial charge on any atom is -0.484 e. The number of nitrogens with zero attached hydrogens (tertiary/aromatic N) is 1. The summed E-state index contributed by atoms with van der Waals surface area (Å²) in [7, 11) is 0. The van der Waals surface area contributed by atoms with Gasteiger partial charge in [-0.05, 0) is 34.9 Å². The van der Waals surface area contributed by atoms with Crippen molar-refractivity contribution in [2.24, 2.45) is 0 Å². The van der Waals surface area contributed by atoms with Crippen LogP contribution in [0.4, 0.5) is 0 Å². The maximum atomic E-state index is 12.1. The molecule has 0 aliphatic carbocycles. The molecular weight excluding hydrogens is 376 g/mol. The van der Waals surface area contributed by atoms with Gasteiger partial charge in [-0.25, -0.2) is 0 Å². The fourth-order valence-electron chi connectivity index (χ4n) is 3.76. The number of carbonyl (C=O) groups excluding carboxylic acids is 1. The summed E-state index contributed by atoms with van der Waals surface area (Å²) in [6, 6.07) is 24.3. The fraction of sp³-hybridized carbons (Fsp3) is 0.320. The Balaban J connectivity index is 1.15. The van der Waals surface area contributed by atoms with Crippen LogP contribution in [0.2, 0.25) is 0 Å². The van der Waals surface area contributed by atoms with Gasteiger partial charge in [-0.3, -0.25) is 9.69 Å². The molecule has 5 nitrogen and oxygen atoms in total. The van der Waals surface area contributed by atoms with Crippen LogP contribution >= 0.6 is 0 Å². The molecule has 3 aromatic carbocycles. The number of benzene rings is 3. The van der Waals surface area contributed by atoms with E-state index >= 15 is 0 Å². The molecule has 1 aliphatic rings. The van der Waals surface area contributed by atoms with Crippen molar-refractivity contribution in [1.82, 2.24) is 10.2 Å². The van der Waals surface area contributed by atoms with Gasteiger partial charge in [0, 0.05) is 26.2 Å². The minimum atomic E-state index is -0.0905. The van der Waals surface area contributed by atoms with Gasteiger partial charge in [0.15, 0.2) is 6.61 Å². The number of hydrogen-bond acceptors (Lipinski definition) is 4. The van der Waals surface area contributed by atoms with Crippen molar-refractivity contribution >= 4 is 16.7 Å². The number of morpholine rings is 1. The lowest BCUT2D eigenvalue weighted by atomic mass is 10.1. The molecule has 5 heteroatoms. The molecule has 1 unspecified atom stereocenters. The van der Waals surface area contributed by atoms with Gasteiger partial charge in [-0.2, -0.15) is 0 Å². The first-order valence-corrected chi connectivity index (χ1v) is 10.6. The first-order valence-electron chi connectivity index (χ1n) is 10.6. The molecule has 30 heavy (non-hydrogen) atoms. The van der Waals surface area contributed by atoms with Gasteiger partial charge in [-0.1, -0.05) is 60.7 Å². The molecule has 1 heterocycles. The van der Waals surface area contributed by atoms with E-state index in [2.05, 4.69) is 28.4 Å². The zero-order chi connectivity index (χ0) is 20.6. The summed E-state index contributed by atoms with van der Waals surface area (Å²) in [6.45, 7) is 4.19. The van der Waals surface area contributed by atoms with E-state index in [1.165, 1.54) is 5.56 Å². The Morgan fingerprint density at radius 1 is 1.03 bits per heavy atom. The molecule has 156 valence electrons. The van der Waals surface area contributed by atoms with Crippen molar-refractivity contribution in [3.8, 4) is 5.75 Å². The van der Waals surface area contributed by atoms with Crippen LogP contribution in [0.25, 0.3) is 10.8 Å². The highest BCUT2D eigenvalue weighted by atomic mass is 16.5. The molecule has 1 saturated heterocycles.